The molecule has 0 saturated carbocycles. The van der Waals surface area contributed by atoms with E-state index < -0.39 is 0 Å². The maximum atomic E-state index is 5.78. The van der Waals surface area contributed by atoms with Gasteiger partial charge in [-0.25, -0.2) is 0 Å². The lowest BCUT2D eigenvalue weighted by molar-refractivity contribution is 1.21. The van der Waals surface area contributed by atoms with Crippen molar-refractivity contribution in [3.05, 3.63) is 33.8 Å². The summed E-state index contributed by atoms with van der Waals surface area (Å²) < 4.78 is 0. The monoisotopic (exact) mass is 266 g/mol. The third-order valence-electron chi connectivity index (χ3n) is 1.32. The molecule has 0 bridgehead atoms. The molecule has 0 heterocycles. The third-order valence-corrected chi connectivity index (χ3v) is 2.06. The molecule has 0 amide bonds. The highest BCUT2D eigenvalue weighted by molar-refractivity contribution is 6.42. The number of hydrogen-bond donors (Lipinski definition) is 2. The fourth-order valence-corrected chi connectivity index (χ4v) is 1.06. The van der Waals surface area contributed by atoms with Crippen LogP contribution in [0.1, 0.15) is 5.56 Å². The van der Waals surface area contributed by atoms with Crippen molar-refractivity contribution in [2.75, 3.05) is 0 Å². The lowest BCUT2D eigenvalue weighted by atomic mass is 10.2. The first-order valence-electron chi connectivity index (χ1n) is 3.66. The Hall–Kier alpha value is -0.970. The minimum atomic E-state index is -0.0960. The fraction of sp³-hybridized carbons (Fsp3) is 0. The van der Waals surface area contributed by atoms with Gasteiger partial charge in [-0.15, -0.1) is 17.5 Å². The molecule has 0 saturated heterocycles. The van der Waals surface area contributed by atoms with E-state index in [0.717, 1.165) is 5.56 Å². The van der Waals surface area contributed by atoms with Crippen molar-refractivity contribution in [2.24, 2.45) is 21.7 Å². The molecular weight excluding hydrogens is 258 g/mol. The molecular formula is C8H9Cl3N4. The molecule has 0 aliphatic rings. The first-order chi connectivity index (χ1) is 6.59. The SMILES string of the molecule is Cl.NC(N)=NN=Cc1ccc(Cl)c(Cl)c1. The number of benzene rings is 1. The first-order valence-corrected chi connectivity index (χ1v) is 4.42. The van der Waals surface area contributed by atoms with Crippen LogP contribution in [-0.2, 0) is 0 Å². The van der Waals surface area contributed by atoms with Gasteiger partial charge in [0.2, 0.25) is 5.96 Å². The Morgan fingerprint density at radius 2 is 1.87 bits per heavy atom. The minimum Gasteiger partial charge on any atom is -0.369 e. The number of nitrogens with two attached hydrogens (primary N) is 2. The molecule has 0 atom stereocenters. The Balaban J connectivity index is 0.00000196. The summed E-state index contributed by atoms with van der Waals surface area (Å²) in [7, 11) is 0. The zero-order chi connectivity index (χ0) is 10.6. The predicted molar refractivity (Wildman–Crippen MR) is 67.1 cm³/mol. The maximum absolute atomic E-state index is 5.78. The zero-order valence-electron chi connectivity index (χ0n) is 7.52. The average molecular weight is 268 g/mol. The summed E-state index contributed by atoms with van der Waals surface area (Å²) in [6, 6.07) is 5.08. The van der Waals surface area contributed by atoms with E-state index in [4.69, 9.17) is 34.7 Å². The number of guanidine groups is 1. The summed E-state index contributed by atoms with van der Waals surface area (Å²) in [5.74, 6) is -0.0960. The standard InChI is InChI=1S/C8H8Cl2N4.ClH/c9-6-2-1-5(3-7(6)10)4-13-14-8(11)12;/h1-4H,(H4,11,12,14);1H. The van der Waals surface area contributed by atoms with E-state index in [-0.39, 0.29) is 18.4 Å². The van der Waals surface area contributed by atoms with E-state index in [0.29, 0.717) is 10.0 Å². The van der Waals surface area contributed by atoms with Gasteiger partial charge in [0.25, 0.3) is 0 Å². The van der Waals surface area contributed by atoms with Crippen LogP contribution in [0.5, 0.6) is 0 Å². The van der Waals surface area contributed by atoms with Crippen molar-refractivity contribution >= 4 is 47.8 Å². The highest BCUT2D eigenvalue weighted by Crippen LogP contribution is 2.21. The topological polar surface area (TPSA) is 76.8 Å². The summed E-state index contributed by atoms with van der Waals surface area (Å²) >= 11 is 11.5. The second-order valence-corrected chi connectivity index (χ2v) is 3.26. The maximum Gasteiger partial charge on any atom is 0.211 e. The van der Waals surface area contributed by atoms with Gasteiger partial charge in [-0.3, -0.25) is 0 Å². The van der Waals surface area contributed by atoms with Crippen molar-refractivity contribution in [3.63, 3.8) is 0 Å². The van der Waals surface area contributed by atoms with Gasteiger partial charge >= 0.3 is 0 Å². The molecule has 0 spiro atoms. The smallest absolute Gasteiger partial charge is 0.211 e. The van der Waals surface area contributed by atoms with Crippen LogP contribution in [0.25, 0.3) is 0 Å². The van der Waals surface area contributed by atoms with Crippen molar-refractivity contribution < 1.29 is 0 Å². The molecule has 1 aromatic rings. The van der Waals surface area contributed by atoms with Crippen molar-refractivity contribution in [1.29, 1.82) is 0 Å². The van der Waals surface area contributed by atoms with E-state index in [1.165, 1.54) is 6.21 Å². The summed E-state index contributed by atoms with van der Waals surface area (Å²) in [6.07, 6.45) is 1.47. The highest BCUT2D eigenvalue weighted by Gasteiger charge is 1.96. The van der Waals surface area contributed by atoms with Crippen LogP contribution in [0, 0.1) is 0 Å². The van der Waals surface area contributed by atoms with Crippen LogP contribution in [-0.4, -0.2) is 12.2 Å². The lowest BCUT2D eigenvalue weighted by Crippen LogP contribution is -2.21. The van der Waals surface area contributed by atoms with Crippen molar-refractivity contribution in [1.82, 2.24) is 0 Å². The van der Waals surface area contributed by atoms with Crippen LogP contribution in [0.2, 0.25) is 10.0 Å². The van der Waals surface area contributed by atoms with Crippen LogP contribution >= 0.6 is 35.6 Å². The van der Waals surface area contributed by atoms with Gasteiger partial charge < -0.3 is 11.5 Å². The van der Waals surface area contributed by atoms with Gasteiger partial charge in [-0.2, -0.15) is 5.10 Å². The van der Waals surface area contributed by atoms with Gasteiger partial charge in [0.1, 0.15) is 0 Å². The molecule has 4 nitrogen and oxygen atoms in total. The molecule has 82 valence electrons. The van der Waals surface area contributed by atoms with E-state index in [1.54, 1.807) is 18.2 Å². The summed E-state index contributed by atoms with van der Waals surface area (Å²) in [4.78, 5) is 0. The number of hydrogen-bond acceptors (Lipinski definition) is 2. The van der Waals surface area contributed by atoms with E-state index in [2.05, 4.69) is 10.2 Å². The quantitative estimate of drug-likeness (QED) is 0.488. The Morgan fingerprint density at radius 1 is 1.20 bits per heavy atom. The minimum absolute atomic E-state index is 0. The molecule has 0 fully saturated rings. The molecule has 0 unspecified atom stereocenters. The second-order valence-electron chi connectivity index (χ2n) is 2.44. The van der Waals surface area contributed by atoms with Gasteiger partial charge in [0.05, 0.1) is 16.3 Å². The molecule has 0 aromatic heterocycles. The Labute approximate surface area is 103 Å². The zero-order valence-corrected chi connectivity index (χ0v) is 9.85. The first kappa shape index (κ1) is 14.0. The van der Waals surface area contributed by atoms with Crippen LogP contribution in [0.3, 0.4) is 0 Å². The van der Waals surface area contributed by atoms with Crippen LogP contribution in [0.15, 0.2) is 28.4 Å². The number of rotatable bonds is 2. The Bertz CT molecular complexity index is 385. The van der Waals surface area contributed by atoms with Gasteiger partial charge in [-0.1, -0.05) is 29.3 Å². The fourth-order valence-electron chi connectivity index (χ4n) is 0.755. The molecule has 4 N–H and O–H groups in total. The highest BCUT2D eigenvalue weighted by atomic mass is 35.5. The van der Waals surface area contributed by atoms with Crippen LogP contribution < -0.4 is 11.5 Å². The Morgan fingerprint density at radius 3 is 2.40 bits per heavy atom. The Kier molecular flexibility index (Phi) is 6.08. The number of nitrogens with zero attached hydrogens (tertiary/aromatic N) is 2. The van der Waals surface area contributed by atoms with E-state index in [1.807, 2.05) is 0 Å². The van der Waals surface area contributed by atoms with Gasteiger partial charge in [0.15, 0.2) is 0 Å². The van der Waals surface area contributed by atoms with Crippen LogP contribution in [0.4, 0.5) is 0 Å². The van der Waals surface area contributed by atoms with E-state index in [9.17, 15) is 0 Å². The van der Waals surface area contributed by atoms with Gasteiger partial charge in [-0.05, 0) is 17.7 Å². The summed E-state index contributed by atoms with van der Waals surface area (Å²) in [5.41, 5.74) is 10.9. The van der Waals surface area contributed by atoms with Crippen molar-refractivity contribution in [2.45, 2.75) is 0 Å². The van der Waals surface area contributed by atoms with Crippen molar-refractivity contribution in [3.8, 4) is 0 Å². The largest absolute Gasteiger partial charge is 0.369 e. The lowest BCUT2D eigenvalue weighted by Gasteiger charge is -1.95. The molecule has 0 aliphatic heterocycles. The normalized spacial score (nSPS) is 9.73. The molecule has 0 radical (unpaired) electrons. The molecule has 0 aliphatic carbocycles. The van der Waals surface area contributed by atoms with Gasteiger partial charge in [0, 0.05) is 0 Å². The predicted octanol–water partition coefficient (Wildman–Crippen LogP) is 2.02. The summed E-state index contributed by atoms with van der Waals surface area (Å²) in [5, 5.41) is 8.01. The molecule has 1 rings (SSSR count). The molecule has 7 heteroatoms. The third kappa shape index (κ3) is 4.88. The molecule has 1 aromatic carbocycles. The number of halogens is 3. The molecule has 15 heavy (non-hydrogen) atoms. The van der Waals surface area contributed by atoms with E-state index >= 15 is 0 Å². The average Bonchev–Trinajstić information content (AvgIpc) is 2.10. The summed E-state index contributed by atoms with van der Waals surface area (Å²) in [6.45, 7) is 0. The second kappa shape index (κ2) is 6.50.